The first kappa shape index (κ1) is 16.9. The average Bonchev–Trinajstić information content (AvgIpc) is 2.25. The smallest absolute Gasteiger partial charge is 0.0472 e. The van der Waals surface area contributed by atoms with Crippen molar-refractivity contribution in [3.05, 3.63) is 0 Å². The molecule has 0 spiro atoms. The number of rotatable bonds is 6. The van der Waals surface area contributed by atoms with Crippen molar-refractivity contribution in [3.63, 3.8) is 0 Å². The molecule has 1 heterocycles. The van der Waals surface area contributed by atoms with Crippen LogP contribution in [0.5, 0.6) is 0 Å². The first-order chi connectivity index (χ1) is 8.72. The molecule has 1 aliphatic heterocycles. The number of nitrogens with one attached hydrogen (secondary N) is 1. The lowest BCUT2D eigenvalue weighted by Crippen LogP contribution is -2.48. The Morgan fingerprint density at radius 3 is 2.26 bits per heavy atom. The molecule has 0 amide bonds. The quantitative estimate of drug-likeness (QED) is 0.803. The van der Waals surface area contributed by atoms with Gasteiger partial charge in [0.15, 0.2) is 0 Å². The monoisotopic (exact) mass is 270 g/mol. The first-order valence-corrected chi connectivity index (χ1v) is 7.72. The Hall–Kier alpha value is -0.120. The maximum absolute atomic E-state index is 5.57. The molecular formula is C16H34N2O. The Labute approximate surface area is 120 Å². The molecule has 3 heteroatoms. The largest absolute Gasteiger partial charge is 0.381 e. The molecule has 0 aromatic carbocycles. The zero-order chi connectivity index (χ0) is 14.5. The number of ether oxygens (including phenoxy) is 1. The van der Waals surface area contributed by atoms with Gasteiger partial charge in [-0.1, -0.05) is 34.6 Å². The van der Waals surface area contributed by atoms with Gasteiger partial charge in [-0.15, -0.1) is 0 Å². The van der Waals surface area contributed by atoms with Gasteiger partial charge in [-0.2, -0.15) is 0 Å². The molecule has 1 fully saturated rings. The van der Waals surface area contributed by atoms with E-state index in [-0.39, 0.29) is 0 Å². The molecule has 1 N–H and O–H groups in total. The molecule has 1 rings (SSSR count). The van der Waals surface area contributed by atoms with E-state index in [0.717, 1.165) is 26.3 Å². The summed E-state index contributed by atoms with van der Waals surface area (Å²) < 4.78 is 5.57. The van der Waals surface area contributed by atoms with Crippen LogP contribution < -0.4 is 5.32 Å². The molecule has 114 valence electrons. The Bertz CT molecular complexity index is 252. The van der Waals surface area contributed by atoms with Crippen molar-refractivity contribution in [2.24, 2.45) is 10.8 Å². The summed E-state index contributed by atoms with van der Waals surface area (Å²) in [5.74, 6) is 0. The molecule has 1 aliphatic rings. The van der Waals surface area contributed by atoms with Crippen LogP contribution >= 0.6 is 0 Å². The van der Waals surface area contributed by atoms with Crippen LogP contribution in [0.3, 0.4) is 0 Å². The Morgan fingerprint density at radius 2 is 1.79 bits per heavy atom. The SMILES string of the molecule is CC(C)NCC1(CN(C)CC(C)(C)C)CCOCC1. The molecule has 0 aromatic heterocycles. The lowest BCUT2D eigenvalue weighted by atomic mass is 9.79. The van der Waals surface area contributed by atoms with Crippen LogP contribution in [0, 0.1) is 10.8 Å². The van der Waals surface area contributed by atoms with Gasteiger partial charge in [0.2, 0.25) is 0 Å². The third kappa shape index (κ3) is 6.73. The fourth-order valence-corrected chi connectivity index (χ4v) is 3.05. The number of hydrogen-bond donors (Lipinski definition) is 1. The van der Waals surface area contributed by atoms with Crippen molar-refractivity contribution in [2.45, 2.75) is 53.5 Å². The second-order valence-electron chi connectivity index (χ2n) is 7.88. The van der Waals surface area contributed by atoms with Crippen LogP contribution in [-0.2, 0) is 4.74 Å². The summed E-state index contributed by atoms with van der Waals surface area (Å²) in [6.07, 6.45) is 2.36. The van der Waals surface area contributed by atoms with Crippen LogP contribution in [0.2, 0.25) is 0 Å². The minimum absolute atomic E-state index is 0.368. The van der Waals surface area contributed by atoms with Crippen molar-refractivity contribution in [1.82, 2.24) is 10.2 Å². The zero-order valence-electron chi connectivity index (χ0n) is 13.9. The minimum atomic E-state index is 0.368. The van der Waals surface area contributed by atoms with Gasteiger partial charge >= 0.3 is 0 Å². The number of nitrogens with zero attached hydrogens (tertiary/aromatic N) is 1. The molecule has 19 heavy (non-hydrogen) atoms. The first-order valence-electron chi connectivity index (χ1n) is 7.72. The standard InChI is InChI=1S/C16H34N2O/c1-14(2)17-11-16(7-9-19-10-8-16)13-18(6)12-15(3,4)5/h14,17H,7-13H2,1-6H3. The van der Waals surface area contributed by atoms with Gasteiger partial charge < -0.3 is 15.0 Å². The Morgan fingerprint density at radius 1 is 1.21 bits per heavy atom. The molecule has 0 unspecified atom stereocenters. The second-order valence-corrected chi connectivity index (χ2v) is 7.88. The van der Waals surface area contributed by atoms with Crippen LogP contribution in [0.1, 0.15) is 47.5 Å². The second kappa shape index (κ2) is 7.05. The minimum Gasteiger partial charge on any atom is -0.381 e. The molecule has 0 aromatic rings. The number of hydrogen-bond acceptors (Lipinski definition) is 3. The predicted molar refractivity (Wildman–Crippen MR) is 82.6 cm³/mol. The Kier molecular flexibility index (Phi) is 6.28. The fourth-order valence-electron chi connectivity index (χ4n) is 3.05. The van der Waals surface area contributed by atoms with E-state index in [9.17, 15) is 0 Å². The van der Waals surface area contributed by atoms with Gasteiger partial charge in [0.05, 0.1) is 0 Å². The van der Waals surface area contributed by atoms with E-state index in [2.05, 4.69) is 51.9 Å². The van der Waals surface area contributed by atoms with Gasteiger partial charge in [-0.05, 0) is 30.7 Å². The zero-order valence-corrected chi connectivity index (χ0v) is 13.9. The van der Waals surface area contributed by atoms with Crippen LogP contribution in [0.4, 0.5) is 0 Å². The molecule has 0 aliphatic carbocycles. The molecule has 0 saturated carbocycles. The summed E-state index contributed by atoms with van der Waals surface area (Å²) in [7, 11) is 2.26. The summed E-state index contributed by atoms with van der Waals surface area (Å²) in [6.45, 7) is 16.7. The van der Waals surface area contributed by atoms with Gasteiger partial charge in [-0.25, -0.2) is 0 Å². The van der Waals surface area contributed by atoms with E-state index in [0.29, 0.717) is 16.9 Å². The van der Waals surface area contributed by atoms with E-state index in [1.807, 2.05) is 0 Å². The van der Waals surface area contributed by atoms with Crippen molar-refractivity contribution in [2.75, 3.05) is 39.9 Å². The average molecular weight is 270 g/mol. The molecular weight excluding hydrogens is 236 g/mol. The third-order valence-corrected chi connectivity index (χ3v) is 3.79. The van der Waals surface area contributed by atoms with Gasteiger partial charge in [0.25, 0.3) is 0 Å². The van der Waals surface area contributed by atoms with Crippen LogP contribution in [0.25, 0.3) is 0 Å². The van der Waals surface area contributed by atoms with E-state index in [4.69, 9.17) is 4.74 Å². The highest BCUT2D eigenvalue weighted by Crippen LogP contribution is 2.31. The lowest BCUT2D eigenvalue weighted by molar-refractivity contribution is -0.00513. The molecule has 3 nitrogen and oxygen atoms in total. The highest BCUT2D eigenvalue weighted by atomic mass is 16.5. The van der Waals surface area contributed by atoms with Crippen molar-refractivity contribution in [1.29, 1.82) is 0 Å². The highest BCUT2D eigenvalue weighted by Gasteiger charge is 2.34. The van der Waals surface area contributed by atoms with E-state index in [1.54, 1.807) is 0 Å². The van der Waals surface area contributed by atoms with Gasteiger partial charge in [0.1, 0.15) is 0 Å². The van der Waals surface area contributed by atoms with E-state index >= 15 is 0 Å². The highest BCUT2D eigenvalue weighted by molar-refractivity contribution is 4.88. The molecule has 1 saturated heterocycles. The van der Waals surface area contributed by atoms with E-state index < -0.39 is 0 Å². The van der Waals surface area contributed by atoms with Crippen molar-refractivity contribution >= 4 is 0 Å². The maximum Gasteiger partial charge on any atom is 0.0472 e. The van der Waals surface area contributed by atoms with E-state index in [1.165, 1.54) is 19.4 Å². The summed E-state index contributed by atoms with van der Waals surface area (Å²) in [6, 6.07) is 0.563. The lowest BCUT2D eigenvalue weighted by Gasteiger charge is -2.42. The van der Waals surface area contributed by atoms with Crippen molar-refractivity contribution < 1.29 is 4.74 Å². The topological polar surface area (TPSA) is 24.5 Å². The normalized spacial score (nSPS) is 20.2. The predicted octanol–water partition coefficient (Wildman–Crippen LogP) is 2.76. The molecule has 0 bridgehead atoms. The summed E-state index contributed by atoms with van der Waals surface area (Å²) in [4.78, 5) is 2.51. The summed E-state index contributed by atoms with van der Waals surface area (Å²) in [5.41, 5.74) is 0.759. The third-order valence-electron chi connectivity index (χ3n) is 3.79. The maximum atomic E-state index is 5.57. The fraction of sp³-hybridized carbons (Fsp3) is 1.00. The molecule has 0 atom stereocenters. The summed E-state index contributed by atoms with van der Waals surface area (Å²) in [5, 5.41) is 3.64. The molecule has 0 radical (unpaired) electrons. The van der Waals surface area contributed by atoms with Gasteiger partial charge in [-0.3, -0.25) is 0 Å². The van der Waals surface area contributed by atoms with Crippen molar-refractivity contribution in [3.8, 4) is 0 Å². The summed E-state index contributed by atoms with van der Waals surface area (Å²) >= 11 is 0. The van der Waals surface area contributed by atoms with Crippen LogP contribution in [-0.4, -0.2) is 50.8 Å². The van der Waals surface area contributed by atoms with Gasteiger partial charge in [0, 0.05) is 38.9 Å². The van der Waals surface area contributed by atoms with Crippen LogP contribution in [0.15, 0.2) is 0 Å². The Balaban J connectivity index is 2.58.